The van der Waals surface area contributed by atoms with Gasteiger partial charge in [0.1, 0.15) is 0 Å². The zero-order chi connectivity index (χ0) is 11.3. The number of nitrogens with two attached hydrogens (primary N) is 1. The molecule has 0 unspecified atom stereocenters. The van der Waals surface area contributed by atoms with Crippen LogP contribution in [0.5, 0.6) is 0 Å². The molecule has 0 saturated heterocycles. The Balaban J connectivity index is 2.57. The summed E-state index contributed by atoms with van der Waals surface area (Å²) in [7, 11) is 0. The first-order valence-electron chi connectivity index (χ1n) is 5.32. The Morgan fingerprint density at radius 2 is 2.33 bits per heavy atom. The topological polar surface area (TPSA) is 54.2 Å². The van der Waals surface area contributed by atoms with E-state index in [0.717, 1.165) is 18.2 Å². The summed E-state index contributed by atoms with van der Waals surface area (Å²) in [5, 5.41) is 0.783. The molecule has 15 heavy (non-hydrogen) atoms. The van der Waals surface area contributed by atoms with E-state index < -0.39 is 0 Å². The lowest BCUT2D eigenvalue weighted by atomic mass is 10.3. The summed E-state index contributed by atoms with van der Waals surface area (Å²) in [5.41, 5.74) is 2.57. The van der Waals surface area contributed by atoms with Gasteiger partial charge in [-0.05, 0) is 26.8 Å². The van der Waals surface area contributed by atoms with Gasteiger partial charge in [-0.25, -0.2) is 10.8 Å². The molecule has 1 heterocycles. The van der Waals surface area contributed by atoms with Gasteiger partial charge < -0.3 is 0 Å². The van der Waals surface area contributed by atoms with Crippen LogP contribution in [0.25, 0.3) is 0 Å². The standard InChI is InChI=1S/C10H20N4S/c1-4-5-14(8(2)3)7-9-6-12-10(13-11)15-9/h6,8H,4-5,7,11H2,1-3H3,(H,12,13). The van der Waals surface area contributed by atoms with Gasteiger partial charge in [0.15, 0.2) is 5.13 Å². The van der Waals surface area contributed by atoms with Crippen LogP contribution in [0, 0.1) is 0 Å². The summed E-state index contributed by atoms with van der Waals surface area (Å²) in [5.74, 6) is 5.30. The monoisotopic (exact) mass is 228 g/mol. The Bertz CT molecular complexity index is 285. The second-order valence-corrected chi connectivity index (χ2v) is 4.96. The predicted octanol–water partition coefficient (Wildman–Crippen LogP) is 2.05. The lowest BCUT2D eigenvalue weighted by Gasteiger charge is -2.24. The Hall–Kier alpha value is -0.650. The van der Waals surface area contributed by atoms with E-state index in [0.29, 0.717) is 6.04 Å². The molecule has 86 valence electrons. The first-order chi connectivity index (χ1) is 7.17. The highest BCUT2D eigenvalue weighted by Crippen LogP contribution is 2.19. The van der Waals surface area contributed by atoms with Gasteiger partial charge in [0, 0.05) is 23.7 Å². The Morgan fingerprint density at radius 1 is 1.60 bits per heavy atom. The van der Waals surface area contributed by atoms with E-state index >= 15 is 0 Å². The van der Waals surface area contributed by atoms with Gasteiger partial charge in [-0.15, -0.1) is 0 Å². The molecular weight excluding hydrogens is 208 g/mol. The second kappa shape index (κ2) is 6.05. The fraction of sp³-hybridized carbons (Fsp3) is 0.700. The van der Waals surface area contributed by atoms with E-state index in [2.05, 4.69) is 36.1 Å². The molecule has 1 aromatic rings. The number of nitrogen functional groups attached to an aromatic ring is 1. The second-order valence-electron chi connectivity index (χ2n) is 3.84. The summed E-state index contributed by atoms with van der Waals surface area (Å²) in [6, 6.07) is 0.571. The third-order valence-corrected chi connectivity index (χ3v) is 3.19. The van der Waals surface area contributed by atoms with Crippen molar-refractivity contribution >= 4 is 16.5 Å². The molecule has 3 N–H and O–H groups in total. The molecule has 0 aliphatic rings. The molecule has 5 heteroatoms. The number of thiazole rings is 1. The maximum absolute atomic E-state index is 5.30. The van der Waals surface area contributed by atoms with Crippen molar-refractivity contribution < 1.29 is 0 Å². The Morgan fingerprint density at radius 3 is 2.80 bits per heavy atom. The highest BCUT2D eigenvalue weighted by Gasteiger charge is 2.10. The molecule has 0 saturated carbocycles. The molecule has 0 radical (unpaired) electrons. The van der Waals surface area contributed by atoms with Crippen molar-refractivity contribution in [1.29, 1.82) is 0 Å². The van der Waals surface area contributed by atoms with Gasteiger partial charge in [-0.2, -0.15) is 0 Å². The first kappa shape index (κ1) is 12.4. The molecular formula is C10H20N4S. The summed E-state index contributed by atoms with van der Waals surface area (Å²) in [6.45, 7) is 8.73. The first-order valence-corrected chi connectivity index (χ1v) is 6.14. The third-order valence-electron chi connectivity index (χ3n) is 2.28. The van der Waals surface area contributed by atoms with Crippen LogP contribution in [0.15, 0.2) is 6.20 Å². The third kappa shape index (κ3) is 3.77. The molecule has 0 aromatic carbocycles. The summed E-state index contributed by atoms with van der Waals surface area (Å²) < 4.78 is 0. The largest absolute Gasteiger partial charge is 0.300 e. The van der Waals surface area contributed by atoms with Crippen molar-refractivity contribution in [3.05, 3.63) is 11.1 Å². The minimum Gasteiger partial charge on any atom is -0.300 e. The van der Waals surface area contributed by atoms with Crippen molar-refractivity contribution in [3.8, 4) is 0 Å². The van der Waals surface area contributed by atoms with E-state index in [1.54, 1.807) is 11.3 Å². The quantitative estimate of drug-likeness (QED) is 0.578. The minimum absolute atomic E-state index is 0.571. The van der Waals surface area contributed by atoms with E-state index in [1.165, 1.54) is 11.3 Å². The Labute approximate surface area is 95.5 Å². The van der Waals surface area contributed by atoms with Gasteiger partial charge in [0.05, 0.1) is 0 Å². The van der Waals surface area contributed by atoms with E-state index in [9.17, 15) is 0 Å². The van der Waals surface area contributed by atoms with Crippen LogP contribution in [0.4, 0.5) is 5.13 Å². The maximum atomic E-state index is 5.30. The number of hydrazine groups is 1. The van der Waals surface area contributed by atoms with Crippen LogP contribution in [-0.2, 0) is 6.54 Å². The van der Waals surface area contributed by atoms with Crippen molar-refractivity contribution in [2.24, 2.45) is 5.84 Å². The predicted molar refractivity (Wildman–Crippen MR) is 65.8 cm³/mol. The van der Waals surface area contributed by atoms with E-state index in [-0.39, 0.29) is 0 Å². The van der Waals surface area contributed by atoms with Crippen LogP contribution >= 0.6 is 11.3 Å². The normalized spacial score (nSPS) is 11.3. The number of rotatable bonds is 6. The Kier molecular flexibility index (Phi) is 5.01. The van der Waals surface area contributed by atoms with Crippen molar-refractivity contribution in [2.75, 3.05) is 12.0 Å². The molecule has 0 amide bonds. The van der Waals surface area contributed by atoms with Crippen LogP contribution in [0.3, 0.4) is 0 Å². The van der Waals surface area contributed by atoms with Gasteiger partial charge in [0.25, 0.3) is 0 Å². The zero-order valence-electron chi connectivity index (χ0n) is 9.66. The van der Waals surface area contributed by atoms with Crippen molar-refractivity contribution in [3.63, 3.8) is 0 Å². The number of nitrogens with zero attached hydrogens (tertiary/aromatic N) is 2. The number of aromatic nitrogens is 1. The maximum Gasteiger partial charge on any atom is 0.197 e. The van der Waals surface area contributed by atoms with Gasteiger partial charge in [-0.1, -0.05) is 18.3 Å². The number of nitrogens with one attached hydrogen (secondary N) is 1. The number of hydrogen-bond donors (Lipinski definition) is 2. The molecule has 1 aromatic heterocycles. The fourth-order valence-electron chi connectivity index (χ4n) is 1.45. The van der Waals surface area contributed by atoms with Crippen LogP contribution in [0.2, 0.25) is 0 Å². The SMILES string of the molecule is CCCN(Cc1cnc(NN)s1)C(C)C. The summed E-state index contributed by atoms with van der Waals surface area (Å²) in [6.07, 6.45) is 3.07. The molecule has 0 bridgehead atoms. The van der Waals surface area contributed by atoms with Crippen LogP contribution < -0.4 is 11.3 Å². The smallest absolute Gasteiger partial charge is 0.197 e. The summed E-state index contributed by atoms with van der Waals surface area (Å²) in [4.78, 5) is 7.86. The van der Waals surface area contributed by atoms with Crippen molar-refractivity contribution in [1.82, 2.24) is 9.88 Å². The molecule has 1 rings (SSSR count). The lowest BCUT2D eigenvalue weighted by Crippen LogP contribution is -2.30. The van der Waals surface area contributed by atoms with Crippen molar-refractivity contribution in [2.45, 2.75) is 39.8 Å². The fourth-order valence-corrected chi connectivity index (χ4v) is 2.20. The number of anilines is 1. The molecule has 0 atom stereocenters. The van der Waals surface area contributed by atoms with E-state index in [4.69, 9.17) is 5.84 Å². The van der Waals surface area contributed by atoms with Crippen LogP contribution in [-0.4, -0.2) is 22.5 Å². The average Bonchev–Trinajstić information content (AvgIpc) is 2.65. The van der Waals surface area contributed by atoms with Crippen LogP contribution in [0.1, 0.15) is 32.1 Å². The van der Waals surface area contributed by atoms with E-state index in [1.807, 2.05) is 6.20 Å². The summed E-state index contributed by atoms with van der Waals surface area (Å²) >= 11 is 1.62. The van der Waals surface area contributed by atoms with Gasteiger partial charge >= 0.3 is 0 Å². The highest BCUT2D eigenvalue weighted by atomic mass is 32.1. The zero-order valence-corrected chi connectivity index (χ0v) is 10.5. The van der Waals surface area contributed by atoms with Gasteiger partial charge in [-0.3, -0.25) is 10.3 Å². The molecule has 0 aliphatic heterocycles. The lowest BCUT2D eigenvalue weighted by molar-refractivity contribution is 0.215. The molecule has 0 aliphatic carbocycles. The minimum atomic E-state index is 0.571. The molecule has 0 spiro atoms. The number of hydrogen-bond acceptors (Lipinski definition) is 5. The average molecular weight is 228 g/mol. The van der Waals surface area contributed by atoms with Gasteiger partial charge in [0.2, 0.25) is 0 Å². The highest BCUT2D eigenvalue weighted by molar-refractivity contribution is 7.15. The molecule has 4 nitrogen and oxygen atoms in total. The molecule has 0 fully saturated rings.